The van der Waals surface area contributed by atoms with E-state index in [-0.39, 0.29) is 0 Å². The van der Waals surface area contributed by atoms with Crippen LogP contribution in [-0.2, 0) is 0 Å². The van der Waals surface area contributed by atoms with Crippen LogP contribution < -0.4 is 5.73 Å². The van der Waals surface area contributed by atoms with Gasteiger partial charge < -0.3 is 5.73 Å². The fourth-order valence-electron chi connectivity index (χ4n) is 1.89. The Kier molecular flexibility index (Phi) is 2.84. The smallest absolute Gasteiger partial charge is 0.124 e. The maximum Gasteiger partial charge on any atom is 0.124 e. The lowest BCUT2D eigenvalue weighted by atomic mass is 10.2. The molecule has 0 atom stereocenters. The zero-order chi connectivity index (χ0) is 12.7. The van der Waals surface area contributed by atoms with Crippen molar-refractivity contribution in [3.63, 3.8) is 0 Å². The first kappa shape index (κ1) is 11.7. The van der Waals surface area contributed by atoms with Gasteiger partial charge in [0.05, 0.1) is 10.2 Å². The van der Waals surface area contributed by atoms with E-state index in [1.54, 1.807) is 11.3 Å². The van der Waals surface area contributed by atoms with Gasteiger partial charge in [-0.15, -0.1) is 11.3 Å². The number of halogens is 1. The Hall–Kier alpha value is -1.39. The molecule has 0 amide bonds. The van der Waals surface area contributed by atoms with Gasteiger partial charge in [0.1, 0.15) is 5.01 Å². The Balaban J connectivity index is 2.19. The number of thiazole rings is 1. The summed E-state index contributed by atoms with van der Waals surface area (Å²) >= 11 is 5.16. The van der Waals surface area contributed by atoms with E-state index in [0.717, 1.165) is 26.2 Å². The molecule has 90 valence electrons. The summed E-state index contributed by atoms with van der Waals surface area (Å²) in [4.78, 5) is 4.65. The minimum atomic E-state index is 0.745. The molecule has 3 aromatic rings. The van der Waals surface area contributed by atoms with Crippen molar-refractivity contribution >= 4 is 43.2 Å². The zero-order valence-electron chi connectivity index (χ0n) is 9.77. The molecule has 0 aliphatic rings. The lowest BCUT2D eigenvalue weighted by molar-refractivity contribution is 1.45. The molecule has 0 radical (unpaired) electrons. The molecule has 0 bridgehead atoms. The van der Waals surface area contributed by atoms with Crippen LogP contribution in [0.3, 0.4) is 0 Å². The molecule has 0 aliphatic heterocycles. The van der Waals surface area contributed by atoms with Crippen molar-refractivity contribution < 1.29 is 0 Å². The van der Waals surface area contributed by atoms with Gasteiger partial charge in [0, 0.05) is 15.7 Å². The van der Waals surface area contributed by atoms with Gasteiger partial charge in [-0.3, -0.25) is 0 Å². The average Bonchev–Trinajstić information content (AvgIpc) is 2.70. The number of anilines is 1. The predicted octanol–water partition coefficient (Wildman–Crippen LogP) is 4.62. The van der Waals surface area contributed by atoms with Crippen molar-refractivity contribution in [2.45, 2.75) is 6.92 Å². The second-order valence-electron chi connectivity index (χ2n) is 4.26. The number of nitrogens with zero attached hydrogens (tertiary/aromatic N) is 1. The van der Waals surface area contributed by atoms with E-state index in [1.165, 1.54) is 10.3 Å². The highest BCUT2D eigenvalue weighted by Crippen LogP contribution is 2.33. The zero-order valence-corrected chi connectivity index (χ0v) is 12.2. The number of rotatable bonds is 1. The summed E-state index contributed by atoms with van der Waals surface area (Å²) in [6.45, 7) is 2.09. The van der Waals surface area contributed by atoms with Crippen LogP contribution in [0.25, 0.3) is 20.8 Å². The summed E-state index contributed by atoms with van der Waals surface area (Å²) < 4.78 is 2.19. The highest BCUT2D eigenvalue weighted by molar-refractivity contribution is 9.10. The minimum absolute atomic E-state index is 0.745. The topological polar surface area (TPSA) is 38.9 Å². The van der Waals surface area contributed by atoms with Gasteiger partial charge in [0.25, 0.3) is 0 Å². The van der Waals surface area contributed by atoms with Crippen molar-refractivity contribution in [1.29, 1.82) is 0 Å². The first-order chi connectivity index (χ1) is 8.61. The molecule has 2 N–H and O–H groups in total. The summed E-state index contributed by atoms with van der Waals surface area (Å²) in [5, 5.41) is 1.00. The summed E-state index contributed by atoms with van der Waals surface area (Å²) in [6, 6.07) is 12.2. The van der Waals surface area contributed by atoms with E-state index in [0.29, 0.717) is 0 Å². The molecule has 0 spiro atoms. The fraction of sp³-hybridized carbons (Fsp3) is 0.0714. The van der Waals surface area contributed by atoms with E-state index in [2.05, 4.69) is 46.0 Å². The van der Waals surface area contributed by atoms with Crippen LogP contribution in [-0.4, -0.2) is 4.98 Å². The SMILES string of the molecule is Cc1ccc2nc(-c3cc(N)cc(Br)c3)sc2c1. The molecule has 1 heterocycles. The van der Waals surface area contributed by atoms with Crippen molar-refractivity contribution in [1.82, 2.24) is 4.98 Å². The molecule has 0 aliphatic carbocycles. The highest BCUT2D eigenvalue weighted by atomic mass is 79.9. The molecule has 2 aromatic carbocycles. The van der Waals surface area contributed by atoms with Gasteiger partial charge in [-0.2, -0.15) is 0 Å². The van der Waals surface area contributed by atoms with Crippen LogP contribution in [0.5, 0.6) is 0 Å². The molecule has 4 heteroatoms. The van der Waals surface area contributed by atoms with Crippen LogP contribution >= 0.6 is 27.3 Å². The van der Waals surface area contributed by atoms with Gasteiger partial charge in [-0.1, -0.05) is 22.0 Å². The van der Waals surface area contributed by atoms with Crippen LogP contribution in [0, 0.1) is 6.92 Å². The Morgan fingerprint density at radius 1 is 1.17 bits per heavy atom. The maximum absolute atomic E-state index is 5.86. The molecule has 18 heavy (non-hydrogen) atoms. The molecular formula is C14H11BrN2S. The number of hydrogen-bond donors (Lipinski definition) is 1. The Morgan fingerprint density at radius 3 is 2.78 bits per heavy atom. The number of benzene rings is 2. The number of nitrogens with two attached hydrogens (primary N) is 1. The summed E-state index contributed by atoms with van der Waals surface area (Å²) in [7, 11) is 0. The molecule has 2 nitrogen and oxygen atoms in total. The average molecular weight is 319 g/mol. The third-order valence-electron chi connectivity index (χ3n) is 2.71. The van der Waals surface area contributed by atoms with Crippen LogP contribution in [0.2, 0.25) is 0 Å². The number of aromatic nitrogens is 1. The second kappa shape index (κ2) is 4.37. The minimum Gasteiger partial charge on any atom is -0.399 e. The Morgan fingerprint density at radius 2 is 2.00 bits per heavy atom. The molecular weight excluding hydrogens is 308 g/mol. The summed E-state index contributed by atoms with van der Waals surface area (Å²) in [6.07, 6.45) is 0. The summed E-state index contributed by atoms with van der Waals surface area (Å²) in [5.41, 5.74) is 9.96. The Bertz CT molecular complexity index is 713. The van der Waals surface area contributed by atoms with E-state index in [9.17, 15) is 0 Å². The van der Waals surface area contributed by atoms with E-state index in [1.807, 2.05) is 18.2 Å². The number of hydrogen-bond acceptors (Lipinski definition) is 3. The highest BCUT2D eigenvalue weighted by Gasteiger charge is 2.07. The molecule has 1 aromatic heterocycles. The molecule has 0 saturated carbocycles. The largest absolute Gasteiger partial charge is 0.399 e. The van der Waals surface area contributed by atoms with Crippen molar-refractivity contribution in [3.05, 3.63) is 46.4 Å². The van der Waals surface area contributed by atoms with Crippen molar-refractivity contribution in [2.75, 3.05) is 5.73 Å². The second-order valence-corrected chi connectivity index (χ2v) is 6.21. The van der Waals surface area contributed by atoms with Crippen LogP contribution in [0.1, 0.15) is 5.56 Å². The molecule has 0 unspecified atom stereocenters. The van der Waals surface area contributed by atoms with Gasteiger partial charge in [-0.25, -0.2) is 4.98 Å². The molecule has 0 fully saturated rings. The number of aryl methyl sites for hydroxylation is 1. The first-order valence-corrected chi connectivity index (χ1v) is 7.16. The van der Waals surface area contributed by atoms with E-state index < -0.39 is 0 Å². The van der Waals surface area contributed by atoms with E-state index >= 15 is 0 Å². The van der Waals surface area contributed by atoms with Crippen LogP contribution in [0.4, 0.5) is 5.69 Å². The third-order valence-corrected chi connectivity index (χ3v) is 4.24. The third kappa shape index (κ3) is 2.13. The first-order valence-electron chi connectivity index (χ1n) is 5.55. The molecule has 0 saturated heterocycles. The van der Waals surface area contributed by atoms with Gasteiger partial charge in [0.15, 0.2) is 0 Å². The van der Waals surface area contributed by atoms with Gasteiger partial charge >= 0.3 is 0 Å². The molecule has 3 rings (SSSR count). The lowest BCUT2D eigenvalue weighted by Gasteiger charge is -1.99. The normalized spacial score (nSPS) is 11.0. The fourth-order valence-corrected chi connectivity index (χ4v) is 3.45. The quantitative estimate of drug-likeness (QED) is 0.665. The number of nitrogen functional groups attached to an aromatic ring is 1. The van der Waals surface area contributed by atoms with Crippen molar-refractivity contribution in [3.8, 4) is 10.6 Å². The lowest BCUT2D eigenvalue weighted by Crippen LogP contribution is -1.85. The Labute approximate surface area is 118 Å². The predicted molar refractivity (Wildman–Crippen MR) is 81.9 cm³/mol. The van der Waals surface area contributed by atoms with Gasteiger partial charge in [-0.05, 0) is 42.8 Å². The van der Waals surface area contributed by atoms with Crippen molar-refractivity contribution in [2.24, 2.45) is 0 Å². The monoisotopic (exact) mass is 318 g/mol. The van der Waals surface area contributed by atoms with E-state index in [4.69, 9.17) is 5.73 Å². The summed E-state index contributed by atoms with van der Waals surface area (Å²) in [5.74, 6) is 0. The van der Waals surface area contributed by atoms with Crippen LogP contribution in [0.15, 0.2) is 40.9 Å². The van der Waals surface area contributed by atoms with Gasteiger partial charge in [0.2, 0.25) is 0 Å². The standard InChI is InChI=1S/C14H11BrN2S/c1-8-2-3-12-13(4-8)18-14(17-12)9-5-10(15)7-11(16)6-9/h2-7H,16H2,1H3. The maximum atomic E-state index is 5.86. The number of fused-ring (bicyclic) bond motifs is 1.